The number of nitrogens with zero attached hydrogens (tertiary/aromatic N) is 1. The van der Waals surface area contributed by atoms with Gasteiger partial charge in [0.05, 0.1) is 12.6 Å². The van der Waals surface area contributed by atoms with Crippen LogP contribution < -0.4 is 0 Å². The van der Waals surface area contributed by atoms with Crippen molar-refractivity contribution in [1.82, 2.24) is 4.90 Å². The average Bonchev–Trinajstić information content (AvgIpc) is 2.12. The summed E-state index contributed by atoms with van der Waals surface area (Å²) in [5.74, 6) is -2.33. The minimum atomic E-state index is -2.68. The molecule has 1 N–H and O–H groups in total. The van der Waals surface area contributed by atoms with Gasteiger partial charge in [0.15, 0.2) is 0 Å². The molecule has 0 aromatic carbocycles. The quantitative estimate of drug-likeness (QED) is 0.845. The molecule has 0 spiro atoms. The van der Waals surface area contributed by atoms with E-state index in [1.807, 2.05) is 0 Å². The molecule has 18 heavy (non-hydrogen) atoms. The third-order valence-electron chi connectivity index (χ3n) is 3.99. The van der Waals surface area contributed by atoms with Crippen molar-refractivity contribution in [2.75, 3.05) is 13.6 Å². The van der Waals surface area contributed by atoms with Gasteiger partial charge >= 0.3 is 0 Å². The van der Waals surface area contributed by atoms with Gasteiger partial charge in [-0.15, -0.1) is 0 Å². The van der Waals surface area contributed by atoms with Crippen molar-refractivity contribution in [3.63, 3.8) is 0 Å². The van der Waals surface area contributed by atoms with Crippen LogP contribution in [0.3, 0.4) is 0 Å². The molecular weight excluding hydrogens is 236 g/mol. The molecule has 0 aliphatic heterocycles. The van der Waals surface area contributed by atoms with Crippen LogP contribution in [0, 0.1) is 11.3 Å². The van der Waals surface area contributed by atoms with Crippen molar-refractivity contribution in [3.8, 4) is 0 Å². The number of hydrogen-bond donors (Lipinski definition) is 1. The molecule has 108 valence electrons. The lowest BCUT2D eigenvalue weighted by Gasteiger charge is -2.46. The molecule has 3 atom stereocenters. The van der Waals surface area contributed by atoms with E-state index in [0.717, 1.165) is 19.8 Å². The van der Waals surface area contributed by atoms with Crippen LogP contribution in [-0.2, 0) is 0 Å². The van der Waals surface area contributed by atoms with Crippen LogP contribution in [0.2, 0.25) is 0 Å². The summed E-state index contributed by atoms with van der Waals surface area (Å²) in [4.78, 5) is 1.73. The fourth-order valence-corrected chi connectivity index (χ4v) is 3.18. The Hall–Kier alpha value is -0.220. The summed E-state index contributed by atoms with van der Waals surface area (Å²) in [6.07, 6.45) is 1.96. The van der Waals surface area contributed by atoms with E-state index >= 15 is 0 Å². The molecule has 3 unspecified atom stereocenters. The summed E-state index contributed by atoms with van der Waals surface area (Å²) in [7, 11) is 1.75. The lowest BCUT2D eigenvalue weighted by molar-refractivity contribution is -0.0570. The lowest BCUT2D eigenvalue weighted by atomic mass is 9.68. The molecule has 1 aliphatic carbocycles. The first kappa shape index (κ1) is 15.8. The third-order valence-corrected chi connectivity index (χ3v) is 3.99. The Bertz CT molecular complexity index is 270. The molecular formula is C14H27F2NO. The third kappa shape index (κ3) is 4.47. The van der Waals surface area contributed by atoms with Crippen molar-refractivity contribution in [2.24, 2.45) is 11.3 Å². The molecule has 1 aliphatic rings. The molecule has 1 saturated carbocycles. The molecule has 0 aromatic heterocycles. The van der Waals surface area contributed by atoms with Gasteiger partial charge in [-0.1, -0.05) is 20.8 Å². The van der Waals surface area contributed by atoms with Gasteiger partial charge in [0.25, 0.3) is 5.92 Å². The van der Waals surface area contributed by atoms with Crippen molar-refractivity contribution >= 4 is 0 Å². The molecule has 2 nitrogen and oxygen atoms in total. The minimum Gasteiger partial charge on any atom is -0.393 e. The number of hydrogen-bond acceptors (Lipinski definition) is 2. The van der Waals surface area contributed by atoms with Crippen LogP contribution >= 0.6 is 0 Å². The van der Waals surface area contributed by atoms with Gasteiger partial charge in [-0.3, -0.25) is 4.90 Å². The van der Waals surface area contributed by atoms with E-state index in [2.05, 4.69) is 20.8 Å². The standard InChI is InChI=1S/C14H27F2NO/c1-13(2,3)11-7-6-10(18)8-12(11)17(5)9-14(4,15)16/h10-12,18H,6-9H2,1-5H3. The lowest BCUT2D eigenvalue weighted by Crippen LogP contribution is -2.50. The smallest absolute Gasteiger partial charge is 0.257 e. The largest absolute Gasteiger partial charge is 0.393 e. The topological polar surface area (TPSA) is 23.5 Å². The molecule has 0 amide bonds. The molecule has 0 radical (unpaired) electrons. The summed E-state index contributed by atoms with van der Waals surface area (Å²) in [5, 5.41) is 9.80. The molecule has 0 aromatic rings. The Morgan fingerprint density at radius 2 is 1.72 bits per heavy atom. The van der Waals surface area contributed by atoms with Gasteiger partial charge in [0.2, 0.25) is 0 Å². The number of alkyl halides is 2. The summed E-state index contributed by atoms with van der Waals surface area (Å²) in [6.45, 7) is 7.17. The fraction of sp³-hybridized carbons (Fsp3) is 1.00. The number of rotatable bonds is 3. The van der Waals surface area contributed by atoms with Gasteiger partial charge in [-0.05, 0) is 37.6 Å². The van der Waals surface area contributed by atoms with Crippen molar-refractivity contribution < 1.29 is 13.9 Å². The highest BCUT2D eigenvalue weighted by molar-refractivity contribution is 4.92. The number of aliphatic hydroxyl groups excluding tert-OH is 1. The van der Waals surface area contributed by atoms with Crippen LogP contribution in [0.15, 0.2) is 0 Å². The summed E-state index contributed by atoms with van der Waals surface area (Å²) < 4.78 is 26.3. The number of halogens is 2. The first-order valence-corrected chi connectivity index (χ1v) is 6.77. The van der Waals surface area contributed by atoms with Gasteiger partial charge in [-0.25, -0.2) is 8.78 Å². The van der Waals surface area contributed by atoms with Gasteiger partial charge in [-0.2, -0.15) is 0 Å². The van der Waals surface area contributed by atoms with E-state index < -0.39 is 5.92 Å². The molecule has 1 rings (SSSR count). The molecule has 0 bridgehead atoms. The van der Waals surface area contributed by atoms with Gasteiger partial charge in [0.1, 0.15) is 0 Å². The monoisotopic (exact) mass is 263 g/mol. The van der Waals surface area contributed by atoms with Crippen molar-refractivity contribution in [2.45, 2.75) is 65.0 Å². The van der Waals surface area contributed by atoms with Gasteiger partial charge in [0, 0.05) is 13.0 Å². The summed E-state index contributed by atoms with van der Waals surface area (Å²) in [5.41, 5.74) is 0.0854. The second-order valence-corrected chi connectivity index (χ2v) is 6.99. The van der Waals surface area contributed by atoms with Crippen molar-refractivity contribution in [3.05, 3.63) is 0 Å². The Morgan fingerprint density at radius 1 is 1.17 bits per heavy atom. The van der Waals surface area contributed by atoms with E-state index in [9.17, 15) is 13.9 Å². The predicted molar refractivity (Wildman–Crippen MR) is 69.8 cm³/mol. The Morgan fingerprint density at radius 3 is 2.17 bits per heavy atom. The maximum Gasteiger partial charge on any atom is 0.257 e. The second-order valence-electron chi connectivity index (χ2n) is 6.99. The molecule has 1 fully saturated rings. The summed E-state index contributed by atoms with van der Waals surface area (Å²) in [6, 6.07) is 0.0413. The number of aliphatic hydroxyl groups is 1. The molecule has 4 heteroatoms. The van der Waals surface area contributed by atoms with E-state index in [1.54, 1.807) is 11.9 Å². The molecule has 0 saturated heterocycles. The van der Waals surface area contributed by atoms with E-state index in [-0.39, 0.29) is 24.1 Å². The maximum atomic E-state index is 13.1. The normalized spacial score (nSPS) is 30.8. The fourth-order valence-electron chi connectivity index (χ4n) is 3.18. The highest BCUT2D eigenvalue weighted by atomic mass is 19.3. The van der Waals surface area contributed by atoms with E-state index in [1.165, 1.54) is 0 Å². The van der Waals surface area contributed by atoms with Crippen LogP contribution in [0.5, 0.6) is 0 Å². The zero-order valence-electron chi connectivity index (χ0n) is 12.2. The Labute approximate surface area is 109 Å². The minimum absolute atomic E-state index is 0.0413. The van der Waals surface area contributed by atoms with Crippen LogP contribution in [-0.4, -0.2) is 41.7 Å². The highest BCUT2D eigenvalue weighted by Crippen LogP contribution is 2.40. The van der Waals surface area contributed by atoms with E-state index in [0.29, 0.717) is 12.3 Å². The first-order valence-electron chi connectivity index (χ1n) is 6.77. The zero-order valence-corrected chi connectivity index (χ0v) is 12.2. The molecule has 0 heterocycles. The zero-order chi connectivity index (χ0) is 14.1. The summed E-state index contributed by atoms with van der Waals surface area (Å²) >= 11 is 0. The van der Waals surface area contributed by atoms with Crippen LogP contribution in [0.1, 0.15) is 47.0 Å². The predicted octanol–water partition coefficient (Wildman–Crippen LogP) is 3.15. The van der Waals surface area contributed by atoms with Crippen LogP contribution in [0.25, 0.3) is 0 Å². The first-order chi connectivity index (χ1) is 8.00. The SMILES string of the molecule is CN(CC(C)(F)F)C1CC(O)CCC1C(C)(C)C. The van der Waals surface area contributed by atoms with Gasteiger partial charge < -0.3 is 5.11 Å². The van der Waals surface area contributed by atoms with Crippen molar-refractivity contribution in [1.29, 1.82) is 0 Å². The maximum absolute atomic E-state index is 13.1. The Kier molecular flexibility index (Phi) is 4.76. The van der Waals surface area contributed by atoms with Crippen LogP contribution in [0.4, 0.5) is 8.78 Å². The second kappa shape index (κ2) is 5.41. The van der Waals surface area contributed by atoms with E-state index in [4.69, 9.17) is 0 Å². The Balaban J connectivity index is 2.79. The highest BCUT2D eigenvalue weighted by Gasteiger charge is 2.40. The average molecular weight is 263 g/mol.